The third-order valence-corrected chi connectivity index (χ3v) is 5.67. The van der Waals surface area contributed by atoms with Gasteiger partial charge < -0.3 is 10.1 Å². The summed E-state index contributed by atoms with van der Waals surface area (Å²) < 4.78 is 5.88. The second kappa shape index (κ2) is 6.54. The van der Waals surface area contributed by atoms with Gasteiger partial charge in [-0.15, -0.1) is 11.3 Å². The van der Waals surface area contributed by atoms with Gasteiger partial charge >= 0.3 is 0 Å². The number of hydrogen-bond donors (Lipinski definition) is 1. The number of nitrogens with one attached hydrogen (secondary N) is 1. The van der Waals surface area contributed by atoms with Crippen molar-refractivity contribution in [2.45, 2.75) is 19.6 Å². The fraction of sp³-hybridized carbons (Fsp3) is 0.500. The largest absolute Gasteiger partial charge is 0.376 e. The van der Waals surface area contributed by atoms with Crippen molar-refractivity contribution in [3.63, 3.8) is 0 Å². The van der Waals surface area contributed by atoms with Gasteiger partial charge in [0, 0.05) is 42.8 Å². The fourth-order valence-corrected chi connectivity index (χ4v) is 4.27. The smallest absolute Gasteiger partial charge is 0.231 e. The summed E-state index contributed by atoms with van der Waals surface area (Å²) in [6, 6.07) is 0. The van der Waals surface area contributed by atoms with Gasteiger partial charge in [-0.05, 0) is 6.92 Å². The number of hydrogen-bond acceptors (Lipinski definition) is 7. The highest BCUT2D eigenvalue weighted by Gasteiger charge is 2.46. The van der Waals surface area contributed by atoms with E-state index < -0.39 is 0 Å². The SMILES string of the molecule is Cc1ncsc1CN1C[C@@H]2[C@H](C1)OC[C@H]2C(=O)Nc1cnccn1. The van der Waals surface area contributed by atoms with Crippen molar-refractivity contribution in [3.05, 3.63) is 34.7 Å². The van der Waals surface area contributed by atoms with Gasteiger partial charge in [0.05, 0.1) is 36.0 Å². The summed E-state index contributed by atoms with van der Waals surface area (Å²) in [5.74, 6) is 0.555. The molecule has 24 heavy (non-hydrogen) atoms. The highest BCUT2D eigenvalue weighted by molar-refractivity contribution is 7.09. The van der Waals surface area contributed by atoms with Crippen LogP contribution in [0.2, 0.25) is 0 Å². The second-order valence-corrected chi connectivity index (χ2v) is 7.22. The van der Waals surface area contributed by atoms with E-state index in [4.69, 9.17) is 4.74 Å². The van der Waals surface area contributed by atoms with Crippen LogP contribution in [0.5, 0.6) is 0 Å². The minimum atomic E-state index is -0.135. The molecule has 0 bridgehead atoms. The predicted octanol–water partition coefficient (Wildman–Crippen LogP) is 1.33. The molecule has 2 aliphatic rings. The van der Waals surface area contributed by atoms with E-state index in [1.54, 1.807) is 29.9 Å². The van der Waals surface area contributed by atoms with E-state index in [0.29, 0.717) is 12.4 Å². The maximum atomic E-state index is 12.5. The summed E-state index contributed by atoms with van der Waals surface area (Å²) in [7, 11) is 0. The first-order valence-electron chi connectivity index (χ1n) is 8.00. The lowest BCUT2D eigenvalue weighted by atomic mass is 9.92. The molecule has 0 aliphatic carbocycles. The summed E-state index contributed by atoms with van der Waals surface area (Å²) in [6.07, 6.45) is 4.84. The minimum absolute atomic E-state index is 0.0289. The Labute approximate surface area is 144 Å². The molecule has 2 aliphatic heterocycles. The topological polar surface area (TPSA) is 80.2 Å². The Morgan fingerprint density at radius 3 is 3.08 bits per heavy atom. The van der Waals surface area contributed by atoms with Crippen LogP contribution in [0.25, 0.3) is 0 Å². The molecular weight excluding hydrogens is 326 g/mol. The van der Waals surface area contributed by atoms with E-state index >= 15 is 0 Å². The quantitative estimate of drug-likeness (QED) is 0.900. The number of nitrogens with zero attached hydrogens (tertiary/aromatic N) is 4. The monoisotopic (exact) mass is 345 g/mol. The number of likely N-dealkylation sites (tertiary alicyclic amines) is 1. The first-order valence-corrected chi connectivity index (χ1v) is 8.88. The highest BCUT2D eigenvalue weighted by Crippen LogP contribution is 2.35. The fourth-order valence-electron chi connectivity index (χ4n) is 3.46. The lowest BCUT2D eigenvalue weighted by molar-refractivity contribution is -0.120. The summed E-state index contributed by atoms with van der Waals surface area (Å²) in [4.78, 5) is 28.6. The molecule has 7 nitrogen and oxygen atoms in total. The van der Waals surface area contributed by atoms with Crippen LogP contribution in [0, 0.1) is 18.8 Å². The predicted molar refractivity (Wildman–Crippen MR) is 89.5 cm³/mol. The van der Waals surface area contributed by atoms with Crippen molar-refractivity contribution < 1.29 is 9.53 Å². The van der Waals surface area contributed by atoms with Crippen LogP contribution in [0.15, 0.2) is 24.1 Å². The van der Waals surface area contributed by atoms with Gasteiger partial charge in [-0.25, -0.2) is 9.97 Å². The van der Waals surface area contributed by atoms with Crippen molar-refractivity contribution in [1.29, 1.82) is 0 Å². The van der Waals surface area contributed by atoms with Crippen molar-refractivity contribution in [2.24, 2.45) is 11.8 Å². The number of fused-ring (bicyclic) bond motifs is 1. The van der Waals surface area contributed by atoms with Crippen LogP contribution in [-0.2, 0) is 16.1 Å². The molecule has 1 amide bonds. The molecule has 1 N–H and O–H groups in total. The Morgan fingerprint density at radius 1 is 1.42 bits per heavy atom. The summed E-state index contributed by atoms with van der Waals surface area (Å²) in [5, 5.41) is 2.85. The molecule has 126 valence electrons. The third-order valence-electron chi connectivity index (χ3n) is 4.75. The van der Waals surface area contributed by atoms with Crippen molar-refractivity contribution in [2.75, 3.05) is 25.0 Å². The molecule has 0 saturated carbocycles. The number of aromatic nitrogens is 3. The molecule has 0 radical (unpaired) electrons. The lowest BCUT2D eigenvalue weighted by Gasteiger charge is -2.18. The third kappa shape index (κ3) is 3.04. The van der Waals surface area contributed by atoms with Crippen LogP contribution in [0.1, 0.15) is 10.6 Å². The van der Waals surface area contributed by atoms with Gasteiger partial charge in [0.1, 0.15) is 0 Å². The average Bonchev–Trinajstić information content (AvgIpc) is 3.25. The maximum Gasteiger partial charge on any atom is 0.231 e. The minimum Gasteiger partial charge on any atom is -0.376 e. The van der Waals surface area contributed by atoms with Gasteiger partial charge in [0.25, 0.3) is 0 Å². The first-order chi connectivity index (χ1) is 11.7. The number of thiazole rings is 1. The van der Waals surface area contributed by atoms with E-state index in [-0.39, 0.29) is 23.8 Å². The molecule has 2 aromatic heterocycles. The molecule has 2 fully saturated rings. The zero-order valence-electron chi connectivity index (χ0n) is 13.4. The first kappa shape index (κ1) is 15.6. The lowest BCUT2D eigenvalue weighted by Crippen LogP contribution is -2.32. The standard InChI is InChI=1S/C16H19N5O2S/c1-10-14(24-9-19-10)7-21-5-11-12(8-23-13(11)6-21)16(22)20-15-4-17-2-3-18-15/h2-4,9,11-13H,5-8H2,1H3,(H,18,20,22)/t11-,12+,13-/m0/s1. The number of amides is 1. The molecule has 2 saturated heterocycles. The molecule has 8 heteroatoms. The summed E-state index contributed by atoms with van der Waals surface area (Å²) >= 11 is 1.69. The highest BCUT2D eigenvalue weighted by atomic mass is 32.1. The zero-order chi connectivity index (χ0) is 16.5. The van der Waals surface area contributed by atoms with Crippen LogP contribution < -0.4 is 5.32 Å². The van der Waals surface area contributed by atoms with Crippen molar-refractivity contribution in [3.8, 4) is 0 Å². The van der Waals surface area contributed by atoms with Crippen LogP contribution >= 0.6 is 11.3 Å². The Hall–Kier alpha value is -1.90. The van der Waals surface area contributed by atoms with E-state index in [1.165, 1.54) is 4.88 Å². The zero-order valence-corrected chi connectivity index (χ0v) is 14.2. The molecular formula is C16H19N5O2S. The van der Waals surface area contributed by atoms with Crippen molar-refractivity contribution >= 4 is 23.1 Å². The molecule has 2 aromatic rings. The van der Waals surface area contributed by atoms with E-state index in [1.807, 2.05) is 12.4 Å². The normalized spacial score (nSPS) is 26.5. The van der Waals surface area contributed by atoms with Gasteiger partial charge in [-0.3, -0.25) is 14.7 Å². The molecule has 0 aromatic carbocycles. The number of carbonyl (C=O) groups excluding carboxylic acids is 1. The number of ether oxygens (including phenoxy) is 1. The van der Waals surface area contributed by atoms with Gasteiger partial charge in [0.15, 0.2) is 5.82 Å². The number of rotatable bonds is 4. The molecule has 0 spiro atoms. The van der Waals surface area contributed by atoms with Crippen LogP contribution in [-0.4, -0.2) is 51.6 Å². The van der Waals surface area contributed by atoms with E-state index in [0.717, 1.165) is 25.3 Å². The van der Waals surface area contributed by atoms with Crippen molar-refractivity contribution in [1.82, 2.24) is 19.9 Å². The number of aryl methyl sites for hydroxylation is 1. The van der Waals surface area contributed by atoms with Gasteiger partial charge in [0.2, 0.25) is 5.91 Å². The maximum absolute atomic E-state index is 12.5. The molecule has 0 unspecified atom stereocenters. The summed E-state index contributed by atoms with van der Waals surface area (Å²) in [6.45, 7) is 5.15. The van der Waals surface area contributed by atoms with E-state index in [2.05, 4.69) is 25.2 Å². The second-order valence-electron chi connectivity index (χ2n) is 6.28. The number of anilines is 1. The van der Waals surface area contributed by atoms with Gasteiger partial charge in [-0.2, -0.15) is 0 Å². The molecule has 4 rings (SSSR count). The van der Waals surface area contributed by atoms with Crippen LogP contribution in [0.4, 0.5) is 5.82 Å². The number of carbonyl (C=O) groups is 1. The Bertz CT molecular complexity index is 722. The average molecular weight is 345 g/mol. The Kier molecular flexibility index (Phi) is 4.26. The summed E-state index contributed by atoms with van der Waals surface area (Å²) in [5.41, 5.74) is 2.98. The Morgan fingerprint density at radius 2 is 2.33 bits per heavy atom. The molecule has 3 atom stereocenters. The van der Waals surface area contributed by atoms with E-state index in [9.17, 15) is 4.79 Å². The van der Waals surface area contributed by atoms with Crippen LogP contribution in [0.3, 0.4) is 0 Å². The van der Waals surface area contributed by atoms with Gasteiger partial charge in [-0.1, -0.05) is 0 Å². The Balaban J connectivity index is 1.39. The molecule has 4 heterocycles.